The number of nitrogens with one attached hydrogen (secondary N) is 1. The minimum atomic E-state index is -0.121. The van der Waals surface area contributed by atoms with Gasteiger partial charge in [-0.15, -0.1) is 0 Å². The first-order valence-electron chi connectivity index (χ1n) is 8.83. The van der Waals surface area contributed by atoms with Crippen LogP contribution in [0.15, 0.2) is 40.7 Å². The summed E-state index contributed by atoms with van der Waals surface area (Å²) >= 11 is 0. The zero-order valence-electron chi connectivity index (χ0n) is 14.3. The van der Waals surface area contributed by atoms with E-state index in [2.05, 4.69) is 11.4 Å². The Hall–Kier alpha value is -2.30. The Bertz CT molecular complexity index is 814. The predicted octanol–water partition coefficient (Wildman–Crippen LogP) is 2.83. The van der Waals surface area contributed by atoms with Gasteiger partial charge in [0.1, 0.15) is 6.54 Å². The molecule has 0 unspecified atom stereocenters. The number of aromatic nitrogens is 2. The van der Waals surface area contributed by atoms with E-state index in [0.717, 1.165) is 30.3 Å². The summed E-state index contributed by atoms with van der Waals surface area (Å²) in [4.78, 5) is 24.8. The molecule has 0 spiro atoms. The van der Waals surface area contributed by atoms with Gasteiger partial charge in [-0.2, -0.15) is 0 Å². The van der Waals surface area contributed by atoms with E-state index < -0.39 is 0 Å². The molecule has 1 amide bonds. The van der Waals surface area contributed by atoms with Gasteiger partial charge < -0.3 is 5.32 Å². The zero-order valence-corrected chi connectivity index (χ0v) is 14.3. The largest absolute Gasteiger partial charge is 0.354 e. The monoisotopic (exact) mass is 327 g/mol. The fraction of sp³-hybridized carbons (Fsp3) is 0.474. The van der Waals surface area contributed by atoms with Gasteiger partial charge in [0.05, 0.1) is 11.0 Å². The lowest BCUT2D eigenvalue weighted by molar-refractivity contribution is -0.121. The van der Waals surface area contributed by atoms with Crippen LogP contribution in [0.4, 0.5) is 0 Å². The second-order valence-electron chi connectivity index (χ2n) is 6.31. The van der Waals surface area contributed by atoms with E-state index in [-0.39, 0.29) is 18.1 Å². The van der Waals surface area contributed by atoms with Crippen molar-refractivity contribution in [1.82, 2.24) is 14.5 Å². The second-order valence-corrected chi connectivity index (χ2v) is 6.31. The van der Waals surface area contributed by atoms with E-state index >= 15 is 0 Å². The minimum Gasteiger partial charge on any atom is -0.354 e. The Balaban J connectivity index is 1.66. The number of aryl methyl sites for hydroxylation is 1. The molecular weight excluding hydrogens is 302 g/mol. The van der Waals surface area contributed by atoms with Gasteiger partial charge in [0.25, 0.3) is 0 Å². The lowest BCUT2D eigenvalue weighted by Gasteiger charge is -2.13. The summed E-state index contributed by atoms with van der Waals surface area (Å²) in [6, 6.07) is 7.62. The van der Waals surface area contributed by atoms with Crippen molar-refractivity contribution < 1.29 is 4.79 Å². The molecule has 0 atom stereocenters. The molecule has 0 radical (unpaired) electrons. The van der Waals surface area contributed by atoms with Gasteiger partial charge in [0, 0.05) is 13.1 Å². The molecule has 1 heterocycles. The molecular formula is C19H25N3O2. The Labute approximate surface area is 142 Å². The highest BCUT2D eigenvalue weighted by atomic mass is 16.2. The summed E-state index contributed by atoms with van der Waals surface area (Å²) in [5.74, 6) is -0.104. The number of hydrogen-bond donors (Lipinski definition) is 1. The molecule has 2 aromatic rings. The van der Waals surface area contributed by atoms with Crippen molar-refractivity contribution in [3.05, 3.63) is 46.4 Å². The molecule has 0 bridgehead atoms. The number of allylic oxidation sites excluding steroid dienone is 1. The average Bonchev–Trinajstić information content (AvgIpc) is 2.87. The van der Waals surface area contributed by atoms with Crippen molar-refractivity contribution in [1.29, 1.82) is 0 Å². The first-order valence-corrected chi connectivity index (χ1v) is 8.83. The van der Waals surface area contributed by atoms with Gasteiger partial charge >= 0.3 is 5.69 Å². The molecule has 1 aliphatic rings. The number of benzene rings is 1. The Morgan fingerprint density at radius 2 is 1.92 bits per heavy atom. The van der Waals surface area contributed by atoms with E-state index in [9.17, 15) is 9.59 Å². The van der Waals surface area contributed by atoms with Gasteiger partial charge in [0.15, 0.2) is 0 Å². The van der Waals surface area contributed by atoms with Crippen LogP contribution in [0.25, 0.3) is 11.0 Å². The van der Waals surface area contributed by atoms with E-state index in [0.29, 0.717) is 13.1 Å². The van der Waals surface area contributed by atoms with Crippen molar-refractivity contribution in [2.24, 2.45) is 0 Å². The molecule has 0 saturated heterocycles. The summed E-state index contributed by atoms with van der Waals surface area (Å²) < 4.78 is 3.27. The number of amides is 1. The summed E-state index contributed by atoms with van der Waals surface area (Å²) in [5.41, 5.74) is 3.02. The number of hydrogen-bond acceptors (Lipinski definition) is 2. The SMILES string of the molecule is CCn1c(=O)n(CC(=O)NCCC2=CCCCC2)c2ccccc21. The maximum Gasteiger partial charge on any atom is 0.329 e. The molecule has 0 fully saturated rings. The number of nitrogens with zero attached hydrogens (tertiary/aromatic N) is 2. The summed E-state index contributed by atoms with van der Waals surface area (Å²) in [6.45, 7) is 3.26. The fourth-order valence-corrected chi connectivity index (χ4v) is 3.42. The van der Waals surface area contributed by atoms with Crippen LogP contribution in [0, 0.1) is 0 Å². The first kappa shape index (κ1) is 16.6. The average molecular weight is 327 g/mol. The number of para-hydroxylation sites is 2. The van der Waals surface area contributed by atoms with E-state index in [1.165, 1.54) is 18.4 Å². The fourth-order valence-electron chi connectivity index (χ4n) is 3.42. The topological polar surface area (TPSA) is 56.0 Å². The van der Waals surface area contributed by atoms with Crippen LogP contribution in [0.5, 0.6) is 0 Å². The van der Waals surface area contributed by atoms with E-state index in [1.807, 2.05) is 31.2 Å². The van der Waals surface area contributed by atoms with Crippen molar-refractivity contribution in [3.63, 3.8) is 0 Å². The summed E-state index contributed by atoms with van der Waals surface area (Å²) in [6.07, 6.45) is 8.06. The van der Waals surface area contributed by atoms with Gasteiger partial charge in [-0.3, -0.25) is 13.9 Å². The molecule has 1 aromatic carbocycles. The number of imidazole rings is 1. The molecule has 5 nitrogen and oxygen atoms in total. The third kappa shape index (κ3) is 3.45. The number of carbonyl (C=O) groups excluding carboxylic acids is 1. The Morgan fingerprint density at radius 3 is 2.58 bits per heavy atom. The minimum absolute atomic E-state index is 0.0748. The highest BCUT2D eigenvalue weighted by Gasteiger charge is 2.14. The third-order valence-electron chi connectivity index (χ3n) is 4.70. The predicted molar refractivity (Wildman–Crippen MR) is 96.0 cm³/mol. The van der Waals surface area contributed by atoms with Gasteiger partial charge in [0.2, 0.25) is 5.91 Å². The molecule has 5 heteroatoms. The zero-order chi connectivity index (χ0) is 16.9. The molecule has 1 aromatic heterocycles. The number of fused-ring (bicyclic) bond motifs is 1. The summed E-state index contributed by atoms with van der Waals surface area (Å²) in [5, 5.41) is 2.95. The maximum atomic E-state index is 12.5. The van der Waals surface area contributed by atoms with Crippen LogP contribution in [0.1, 0.15) is 39.0 Å². The standard InChI is InChI=1S/C19H25N3O2/c1-2-21-16-10-6-7-11-17(16)22(19(21)24)14-18(23)20-13-12-15-8-4-3-5-9-15/h6-8,10-11H,2-5,9,12-14H2,1H3,(H,20,23). The van der Waals surface area contributed by atoms with Gasteiger partial charge in [-0.25, -0.2) is 4.79 Å². The van der Waals surface area contributed by atoms with Crippen LogP contribution >= 0.6 is 0 Å². The Morgan fingerprint density at radius 1 is 1.17 bits per heavy atom. The molecule has 3 rings (SSSR count). The van der Waals surface area contributed by atoms with Gasteiger partial charge in [-0.1, -0.05) is 23.8 Å². The van der Waals surface area contributed by atoms with Gasteiger partial charge in [-0.05, 0) is 51.2 Å². The lowest BCUT2D eigenvalue weighted by Crippen LogP contribution is -2.33. The van der Waals surface area contributed by atoms with Crippen molar-refractivity contribution >= 4 is 16.9 Å². The van der Waals surface area contributed by atoms with Crippen molar-refractivity contribution in [3.8, 4) is 0 Å². The molecule has 128 valence electrons. The maximum absolute atomic E-state index is 12.5. The molecule has 0 aliphatic heterocycles. The van der Waals surface area contributed by atoms with E-state index in [1.54, 1.807) is 9.13 Å². The first-order chi connectivity index (χ1) is 11.7. The molecule has 1 aliphatic carbocycles. The molecule has 1 N–H and O–H groups in total. The van der Waals surface area contributed by atoms with Crippen molar-refractivity contribution in [2.45, 2.75) is 52.1 Å². The van der Waals surface area contributed by atoms with Crippen molar-refractivity contribution in [2.75, 3.05) is 6.54 Å². The van der Waals surface area contributed by atoms with Crippen LogP contribution in [-0.2, 0) is 17.9 Å². The number of rotatable bonds is 6. The molecule has 24 heavy (non-hydrogen) atoms. The van der Waals surface area contributed by atoms with E-state index in [4.69, 9.17) is 0 Å². The van der Waals surface area contributed by atoms with Crippen LogP contribution < -0.4 is 11.0 Å². The quantitative estimate of drug-likeness (QED) is 0.830. The third-order valence-corrected chi connectivity index (χ3v) is 4.70. The normalized spacial score (nSPS) is 14.6. The Kier molecular flexibility index (Phi) is 5.18. The summed E-state index contributed by atoms with van der Waals surface area (Å²) in [7, 11) is 0. The lowest BCUT2D eigenvalue weighted by atomic mass is 9.97. The molecule has 0 saturated carbocycles. The van der Waals surface area contributed by atoms with Crippen LogP contribution in [0.3, 0.4) is 0 Å². The van der Waals surface area contributed by atoms with Crippen LogP contribution in [0.2, 0.25) is 0 Å². The highest BCUT2D eigenvalue weighted by molar-refractivity contribution is 5.80. The number of carbonyl (C=O) groups is 1. The second kappa shape index (κ2) is 7.51. The van der Waals surface area contributed by atoms with Crippen LogP contribution in [-0.4, -0.2) is 21.6 Å². The smallest absolute Gasteiger partial charge is 0.329 e. The highest BCUT2D eigenvalue weighted by Crippen LogP contribution is 2.19.